The number of unbranched alkanes of at least 4 members (excludes halogenated alkanes) is 32. The average molecular weight is 1170 g/mol. The van der Waals surface area contributed by atoms with Crippen LogP contribution in [0.2, 0.25) is 0 Å². The van der Waals surface area contributed by atoms with Crippen LogP contribution < -0.4 is 5.32 Å². The highest BCUT2D eigenvalue weighted by atomic mass is 16.7. The lowest BCUT2D eigenvalue weighted by atomic mass is 9.99. The van der Waals surface area contributed by atoms with Crippen LogP contribution in [0, 0.1) is 0 Å². The van der Waals surface area contributed by atoms with Crippen molar-refractivity contribution in [3.05, 3.63) is 85.1 Å². The highest BCUT2D eigenvalue weighted by molar-refractivity contribution is 5.80. The molecular weight excluding hydrogens is 1040 g/mol. The third kappa shape index (κ3) is 46.7. The van der Waals surface area contributed by atoms with Gasteiger partial charge < -0.3 is 45.1 Å². The van der Waals surface area contributed by atoms with Crippen molar-refractivity contribution in [3.63, 3.8) is 0 Å². The lowest BCUT2D eigenvalue weighted by Gasteiger charge is -2.41. The van der Waals surface area contributed by atoms with Gasteiger partial charge in [0.1, 0.15) is 24.4 Å². The Morgan fingerprint density at radius 3 is 1.27 bits per heavy atom. The molecule has 480 valence electrons. The lowest BCUT2D eigenvalue weighted by molar-refractivity contribution is -0.305. The smallest absolute Gasteiger partial charge is 0.306 e. The van der Waals surface area contributed by atoms with Crippen molar-refractivity contribution in [2.45, 2.75) is 346 Å². The van der Waals surface area contributed by atoms with E-state index in [0.717, 1.165) is 103 Å². The van der Waals surface area contributed by atoms with E-state index in [1.807, 2.05) is 6.08 Å². The van der Waals surface area contributed by atoms with Crippen LogP contribution in [0.25, 0.3) is 0 Å². The first kappa shape index (κ1) is 77.9. The number of amides is 1. The Hall–Kier alpha value is -3.16. The molecule has 83 heavy (non-hydrogen) atoms. The van der Waals surface area contributed by atoms with Gasteiger partial charge in [0.15, 0.2) is 12.4 Å². The minimum Gasteiger partial charge on any atom is -0.454 e. The SMILES string of the molecule is CCCCC/C=C\C/C=C\C/C=C\C/C=C\CCCCCCCC(=O)OC1C(OCC(NC(=O)C(O)CCCCCCCCCCCC/C=C\C/C=C\CCCCC)C(O)/C=C/CCCCCCCCCCCCC)OC(CO)C(O)C1O. The van der Waals surface area contributed by atoms with E-state index < -0.39 is 67.4 Å². The van der Waals surface area contributed by atoms with Gasteiger partial charge in [-0.2, -0.15) is 0 Å². The second kappa shape index (κ2) is 59.2. The Balaban J connectivity index is 2.65. The number of esters is 1. The summed E-state index contributed by atoms with van der Waals surface area (Å²) in [5, 5.41) is 57.2. The largest absolute Gasteiger partial charge is 0.454 e. The highest BCUT2D eigenvalue weighted by Crippen LogP contribution is 2.26. The van der Waals surface area contributed by atoms with E-state index in [4.69, 9.17) is 14.2 Å². The van der Waals surface area contributed by atoms with Crippen molar-refractivity contribution >= 4 is 11.9 Å². The second-order valence-electron chi connectivity index (χ2n) is 23.6. The van der Waals surface area contributed by atoms with Crippen LogP contribution in [0.3, 0.4) is 0 Å². The van der Waals surface area contributed by atoms with Crippen molar-refractivity contribution < 1.29 is 49.3 Å². The fraction of sp³-hybridized carbons (Fsp3) is 0.778. The van der Waals surface area contributed by atoms with Gasteiger partial charge in [0.2, 0.25) is 5.91 Å². The van der Waals surface area contributed by atoms with E-state index in [9.17, 15) is 35.1 Å². The minimum absolute atomic E-state index is 0.0996. The number of aliphatic hydroxyl groups excluding tert-OH is 5. The number of aliphatic hydroxyl groups is 5. The predicted octanol–water partition coefficient (Wildman–Crippen LogP) is 17.3. The van der Waals surface area contributed by atoms with E-state index in [1.54, 1.807) is 6.08 Å². The Morgan fingerprint density at radius 2 is 0.831 bits per heavy atom. The molecule has 11 heteroatoms. The summed E-state index contributed by atoms with van der Waals surface area (Å²) in [5.41, 5.74) is 0. The van der Waals surface area contributed by atoms with Crippen molar-refractivity contribution in [1.29, 1.82) is 0 Å². The molecule has 1 aliphatic heterocycles. The van der Waals surface area contributed by atoms with Crippen LogP contribution in [0.5, 0.6) is 0 Å². The maximum absolute atomic E-state index is 13.5. The fourth-order valence-corrected chi connectivity index (χ4v) is 10.3. The maximum Gasteiger partial charge on any atom is 0.306 e. The van der Waals surface area contributed by atoms with Gasteiger partial charge in [-0.25, -0.2) is 0 Å². The first-order valence-corrected chi connectivity index (χ1v) is 34.4. The zero-order valence-corrected chi connectivity index (χ0v) is 53.3. The standard InChI is InChI=1S/C72H127NO10/c1-4-7-10-13-16-19-22-25-27-29-31-33-35-37-39-42-45-48-51-54-57-60-67(77)83-70-69(79)68(78)66(61-74)82-72(70)81-62-63(64(75)58-55-52-49-46-43-40-24-21-18-15-12-9-6-3)73-71(80)65(76)59-56-53-50-47-44-41-38-36-34-32-30-28-26-23-20-17-14-11-8-5-2/h16-17,19-20,25-28,31,33,37,39,55,58,63-66,68-70,72,74-76,78-79H,4-15,18,21-24,29-30,32,34-36,38,40-54,56-57,59-62H2,1-3H3,(H,73,80)/b19-16-,20-17-,27-25-,28-26-,33-31-,39-37-,58-55+. The molecule has 0 spiro atoms. The molecule has 0 aromatic rings. The number of hydrogen-bond donors (Lipinski definition) is 6. The molecule has 1 aliphatic rings. The molecule has 1 heterocycles. The summed E-state index contributed by atoms with van der Waals surface area (Å²) >= 11 is 0. The molecule has 0 aliphatic carbocycles. The lowest BCUT2D eigenvalue weighted by Crippen LogP contribution is -2.61. The number of nitrogens with one attached hydrogen (secondary N) is 1. The quantitative estimate of drug-likeness (QED) is 0.0195. The third-order valence-electron chi connectivity index (χ3n) is 15.8. The van der Waals surface area contributed by atoms with Gasteiger partial charge in [-0.3, -0.25) is 9.59 Å². The average Bonchev–Trinajstić information content (AvgIpc) is 3.58. The van der Waals surface area contributed by atoms with Gasteiger partial charge in [0, 0.05) is 6.42 Å². The number of ether oxygens (including phenoxy) is 3. The zero-order chi connectivity index (χ0) is 60.3. The third-order valence-corrected chi connectivity index (χ3v) is 15.8. The van der Waals surface area contributed by atoms with Gasteiger partial charge in [-0.1, -0.05) is 273 Å². The van der Waals surface area contributed by atoms with Crippen LogP contribution in [-0.2, 0) is 23.8 Å². The summed E-state index contributed by atoms with van der Waals surface area (Å²) in [5.74, 6) is -1.21. The Kier molecular flexibility index (Phi) is 55.5. The van der Waals surface area contributed by atoms with Gasteiger partial charge in [-0.05, 0) is 103 Å². The van der Waals surface area contributed by atoms with Crippen LogP contribution >= 0.6 is 0 Å². The molecule has 8 atom stereocenters. The highest BCUT2D eigenvalue weighted by Gasteiger charge is 2.47. The minimum atomic E-state index is -1.63. The van der Waals surface area contributed by atoms with E-state index in [1.165, 1.54) is 148 Å². The zero-order valence-electron chi connectivity index (χ0n) is 53.3. The monoisotopic (exact) mass is 1170 g/mol. The molecule has 11 nitrogen and oxygen atoms in total. The summed E-state index contributed by atoms with van der Waals surface area (Å²) in [7, 11) is 0. The summed E-state index contributed by atoms with van der Waals surface area (Å²) in [4.78, 5) is 26.7. The molecule has 1 rings (SSSR count). The van der Waals surface area contributed by atoms with Crippen LogP contribution in [0.4, 0.5) is 0 Å². The molecular formula is C72H127NO10. The van der Waals surface area contributed by atoms with Gasteiger partial charge >= 0.3 is 5.97 Å². The van der Waals surface area contributed by atoms with E-state index in [0.29, 0.717) is 12.8 Å². The van der Waals surface area contributed by atoms with Gasteiger partial charge in [-0.15, -0.1) is 0 Å². The molecule has 0 radical (unpaired) electrons. The van der Waals surface area contributed by atoms with E-state index >= 15 is 0 Å². The maximum atomic E-state index is 13.5. The fourth-order valence-electron chi connectivity index (χ4n) is 10.3. The number of carbonyl (C=O) groups excluding carboxylic acids is 2. The molecule has 1 saturated heterocycles. The number of allylic oxidation sites excluding steroid dienone is 13. The molecule has 0 bridgehead atoms. The number of rotatable bonds is 58. The molecule has 1 fully saturated rings. The van der Waals surface area contributed by atoms with Crippen LogP contribution in [0.1, 0.15) is 297 Å². The predicted molar refractivity (Wildman–Crippen MR) is 347 cm³/mol. The summed E-state index contributed by atoms with van der Waals surface area (Å²) in [6.07, 6.45) is 67.5. The van der Waals surface area contributed by atoms with Gasteiger partial charge in [0.25, 0.3) is 0 Å². The van der Waals surface area contributed by atoms with Crippen LogP contribution in [-0.4, -0.2) is 99.6 Å². The van der Waals surface area contributed by atoms with Crippen LogP contribution in [0.15, 0.2) is 85.1 Å². The van der Waals surface area contributed by atoms with Crippen molar-refractivity contribution in [2.24, 2.45) is 0 Å². The molecule has 8 unspecified atom stereocenters. The molecule has 1 amide bonds. The van der Waals surface area contributed by atoms with Gasteiger partial charge in [0.05, 0.1) is 25.4 Å². The first-order valence-electron chi connectivity index (χ1n) is 34.4. The summed E-state index contributed by atoms with van der Waals surface area (Å²) in [6, 6.07) is -1.03. The molecule has 0 aromatic carbocycles. The number of hydrogen-bond acceptors (Lipinski definition) is 10. The normalized spacial score (nSPS) is 19.1. The van der Waals surface area contributed by atoms with E-state index in [-0.39, 0.29) is 19.4 Å². The van der Waals surface area contributed by atoms with Crippen molar-refractivity contribution in [2.75, 3.05) is 13.2 Å². The summed E-state index contributed by atoms with van der Waals surface area (Å²) < 4.78 is 17.7. The van der Waals surface area contributed by atoms with E-state index in [2.05, 4.69) is 99.0 Å². The molecule has 0 saturated carbocycles. The topological polar surface area (TPSA) is 175 Å². The van der Waals surface area contributed by atoms with Crippen molar-refractivity contribution in [3.8, 4) is 0 Å². The first-order chi connectivity index (χ1) is 40.7. The van der Waals surface area contributed by atoms with Crippen molar-refractivity contribution in [1.82, 2.24) is 5.32 Å². The molecule has 0 aromatic heterocycles. The Labute approximate surface area is 508 Å². The molecule has 6 N–H and O–H groups in total. The Morgan fingerprint density at radius 1 is 0.470 bits per heavy atom. The Bertz CT molecular complexity index is 1670. The summed E-state index contributed by atoms with van der Waals surface area (Å²) in [6.45, 7) is 5.75. The number of carbonyl (C=O) groups is 2. The second-order valence-corrected chi connectivity index (χ2v) is 23.6.